The summed E-state index contributed by atoms with van der Waals surface area (Å²) in [4.78, 5) is 15.8. The number of carbonyl (C=O) groups excluding carboxylic acids is 1. The van der Waals surface area contributed by atoms with E-state index >= 15 is 0 Å². The second-order valence-corrected chi connectivity index (χ2v) is 7.92. The van der Waals surface area contributed by atoms with E-state index in [2.05, 4.69) is 18.2 Å². The van der Waals surface area contributed by atoms with Crippen LogP contribution in [0.1, 0.15) is 27.2 Å². The van der Waals surface area contributed by atoms with Gasteiger partial charge in [0, 0.05) is 18.0 Å². The molecule has 148 valence electrons. The van der Waals surface area contributed by atoms with Gasteiger partial charge in [-0.3, -0.25) is 4.79 Å². The lowest BCUT2D eigenvalue weighted by Gasteiger charge is -2.26. The number of thiophene rings is 1. The molecule has 2 heterocycles. The van der Waals surface area contributed by atoms with Crippen LogP contribution in [0.4, 0.5) is 13.2 Å². The topological polar surface area (TPSA) is 20.3 Å². The summed E-state index contributed by atoms with van der Waals surface area (Å²) in [7, 11) is 0. The third-order valence-corrected chi connectivity index (χ3v) is 6.05. The number of hydrogen-bond acceptors (Lipinski definition) is 2. The molecule has 1 amide bonds. The lowest BCUT2D eigenvalue weighted by Crippen LogP contribution is -2.34. The normalized spacial score (nSPS) is 14.6. The SMILES string of the molecule is O=C(c1ccc(-c2cccc(C(F)(F)F)c2)s1)N1CC=C(c2ccccc2)CC1. The summed E-state index contributed by atoms with van der Waals surface area (Å²) in [5.74, 6) is -0.0865. The molecule has 0 radical (unpaired) electrons. The van der Waals surface area contributed by atoms with Crippen molar-refractivity contribution < 1.29 is 18.0 Å². The highest BCUT2D eigenvalue weighted by molar-refractivity contribution is 7.17. The first-order valence-corrected chi connectivity index (χ1v) is 10.0. The molecule has 4 rings (SSSR count). The van der Waals surface area contributed by atoms with Gasteiger partial charge in [0.05, 0.1) is 10.4 Å². The van der Waals surface area contributed by atoms with Gasteiger partial charge in [-0.2, -0.15) is 13.2 Å². The summed E-state index contributed by atoms with van der Waals surface area (Å²) in [6.07, 6.45) is -1.54. The highest BCUT2D eigenvalue weighted by Gasteiger charge is 2.30. The minimum Gasteiger partial charge on any atom is -0.334 e. The molecule has 2 nitrogen and oxygen atoms in total. The largest absolute Gasteiger partial charge is 0.416 e. The fourth-order valence-corrected chi connectivity index (χ4v) is 4.35. The molecule has 0 aliphatic carbocycles. The molecule has 1 aliphatic heterocycles. The van der Waals surface area contributed by atoms with Gasteiger partial charge < -0.3 is 4.90 Å². The molecule has 0 atom stereocenters. The zero-order valence-corrected chi connectivity index (χ0v) is 16.3. The Hall–Kier alpha value is -2.86. The van der Waals surface area contributed by atoms with Gasteiger partial charge in [0.2, 0.25) is 0 Å². The van der Waals surface area contributed by atoms with Crippen molar-refractivity contribution in [3.05, 3.63) is 88.8 Å². The Labute approximate surface area is 170 Å². The first-order valence-electron chi connectivity index (χ1n) is 9.23. The maximum Gasteiger partial charge on any atom is 0.416 e. The van der Waals surface area contributed by atoms with Crippen molar-refractivity contribution in [3.63, 3.8) is 0 Å². The highest BCUT2D eigenvalue weighted by Crippen LogP contribution is 2.35. The summed E-state index contributed by atoms with van der Waals surface area (Å²) in [5, 5.41) is 0. The lowest BCUT2D eigenvalue weighted by atomic mass is 9.99. The molecule has 29 heavy (non-hydrogen) atoms. The van der Waals surface area contributed by atoms with Gasteiger partial charge in [-0.1, -0.05) is 48.5 Å². The van der Waals surface area contributed by atoms with Crippen molar-refractivity contribution in [2.75, 3.05) is 13.1 Å². The summed E-state index contributed by atoms with van der Waals surface area (Å²) < 4.78 is 38.9. The van der Waals surface area contributed by atoms with E-state index in [9.17, 15) is 18.0 Å². The summed E-state index contributed by atoms with van der Waals surface area (Å²) in [6.45, 7) is 1.15. The van der Waals surface area contributed by atoms with E-state index in [0.29, 0.717) is 28.4 Å². The fourth-order valence-electron chi connectivity index (χ4n) is 3.38. The smallest absolute Gasteiger partial charge is 0.334 e. The van der Waals surface area contributed by atoms with Crippen LogP contribution in [0, 0.1) is 0 Å². The van der Waals surface area contributed by atoms with Gasteiger partial charge in [0.25, 0.3) is 5.91 Å². The maximum absolute atomic E-state index is 13.0. The Morgan fingerprint density at radius 1 is 0.931 bits per heavy atom. The number of rotatable bonds is 3. The standard InChI is InChI=1S/C23H18F3NOS/c24-23(25,26)19-8-4-7-18(15-19)20-9-10-21(29-20)22(28)27-13-11-17(12-14-27)16-5-2-1-3-6-16/h1-11,15H,12-14H2. The van der Waals surface area contributed by atoms with E-state index in [1.165, 1.54) is 28.5 Å². The number of amides is 1. The molecule has 0 spiro atoms. The van der Waals surface area contributed by atoms with Crippen LogP contribution in [0.25, 0.3) is 16.0 Å². The molecule has 1 aliphatic rings. The van der Waals surface area contributed by atoms with E-state index in [4.69, 9.17) is 0 Å². The molecule has 1 aromatic heterocycles. The van der Waals surface area contributed by atoms with Crippen molar-refractivity contribution in [1.29, 1.82) is 0 Å². The second-order valence-electron chi connectivity index (χ2n) is 6.84. The molecule has 2 aromatic carbocycles. The minimum atomic E-state index is -4.39. The average Bonchev–Trinajstić information content (AvgIpc) is 3.24. The maximum atomic E-state index is 13.0. The molecule has 0 unspecified atom stereocenters. The molecular weight excluding hydrogens is 395 g/mol. The minimum absolute atomic E-state index is 0.0865. The number of halogens is 3. The Morgan fingerprint density at radius 3 is 2.38 bits per heavy atom. The summed E-state index contributed by atoms with van der Waals surface area (Å²) >= 11 is 1.22. The zero-order valence-electron chi connectivity index (χ0n) is 15.4. The predicted octanol–water partition coefficient (Wildman–Crippen LogP) is 6.36. The number of alkyl halides is 3. The predicted molar refractivity (Wildman–Crippen MR) is 110 cm³/mol. The second kappa shape index (κ2) is 7.87. The van der Waals surface area contributed by atoms with Crippen LogP contribution in [0.15, 0.2) is 72.8 Å². The Balaban J connectivity index is 1.49. The molecule has 0 saturated carbocycles. The van der Waals surface area contributed by atoms with Gasteiger partial charge in [-0.25, -0.2) is 0 Å². The van der Waals surface area contributed by atoms with Crippen LogP contribution in [0.5, 0.6) is 0 Å². The molecule has 0 fully saturated rings. The van der Waals surface area contributed by atoms with Crippen LogP contribution in [0.2, 0.25) is 0 Å². The van der Waals surface area contributed by atoms with E-state index < -0.39 is 11.7 Å². The molecule has 6 heteroatoms. The van der Waals surface area contributed by atoms with Gasteiger partial charge in [-0.15, -0.1) is 11.3 Å². The lowest BCUT2D eigenvalue weighted by molar-refractivity contribution is -0.137. The average molecular weight is 413 g/mol. The van der Waals surface area contributed by atoms with E-state index in [1.54, 1.807) is 23.1 Å². The molecule has 3 aromatic rings. The third-order valence-electron chi connectivity index (χ3n) is 4.93. The molecule has 0 saturated heterocycles. The van der Waals surface area contributed by atoms with Gasteiger partial charge in [-0.05, 0) is 47.4 Å². The fraction of sp³-hybridized carbons (Fsp3) is 0.174. The Bertz CT molecular complexity index is 1050. The molecular formula is C23H18F3NOS. The van der Waals surface area contributed by atoms with Crippen LogP contribution < -0.4 is 0 Å². The number of hydrogen-bond donors (Lipinski definition) is 0. The monoisotopic (exact) mass is 413 g/mol. The van der Waals surface area contributed by atoms with Crippen molar-refractivity contribution in [2.24, 2.45) is 0 Å². The van der Waals surface area contributed by atoms with Crippen LogP contribution in [-0.4, -0.2) is 23.9 Å². The molecule has 0 N–H and O–H groups in total. The van der Waals surface area contributed by atoms with E-state index in [0.717, 1.165) is 18.6 Å². The third kappa shape index (κ3) is 4.27. The van der Waals surface area contributed by atoms with Crippen LogP contribution in [0.3, 0.4) is 0 Å². The van der Waals surface area contributed by atoms with E-state index in [1.807, 2.05) is 18.2 Å². The zero-order chi connectivity index (χ0) is 20.4. The quantitative estimate of drug-likeness (QED) is 0.489. The summed E-state index contributed by atoms with van der Waals surface area (Å²) in [6, 6.07) is 18.7. The van der Waals surface area contributed by atoms with Crippen LogP contribution >= 0.6 is 11.3 Å². The number of benzene rings is 2. The van der Waals surface area contributed by atoms with Crippen molar-refractivity contribution in [1.82, 2.24) is 4.90 Å². The van der Waals surface area contributed by atoms with Crippen LogP contribution in [-0.2, 0) is 6.18 Å². The van der Waals surface area contributed by atoms with Crippen molar-refractivity contribution in [2.45, 2.75) is 12.6 Å². The van der Waals surface area contributed by atoms with Gasteiger partial charge >= 0.3 is 6.18 Å². The first kappa shape index (κ1) is 19.5. The van der Waals surface area contributed by atoms with Crippen molar-refractivity contribution in [3.8, 4) is 10.4 Å². The Kier molecular flexibility index (Phi) is 5.28. The Morgan fingerprint density at radius 2 is 1.69 bits per heavy atom. The van der Waals surface area contributed by atoms with Gasteiger partial charge in [0.1, 0.15) is 0 Å². The van der Waals surface area contributed by atoms with Crippen molar-refractivity contribution >= 4 is 22.8 Å². The number of nitrogens with zero attached hydrogens (tertiary/aromatic N) is 1. The first-order chi connectivity index (χ1) is 13.9. The summed E-state index contributed by atoms with van der Waals surface area (Å²) in [5.41, 5.74) is 2.17. The van der Waals surface area contributed by atoms with Gasteiger partial charge in [0.15, 0.2) is 0 Å². The van der Waals surface area contributed by atoms with E-state index in [-0.39, 0.29) is 5.91 Å². The molecule has 0 bridgehead atoms. The highest BCUT2D eigenvalue weighted by atomic mass is 32.1. The number of carbonyl (C=O) groups is 1.